The third kappa shape index (κ3) is 3.51. The van der Waals surface area contributed by atoms with Gasteiger partial charge < -0.3 is 9.64 Å². The number of aromatic nitrogens is 1. The van der Waals surface area contributed by atoms with Crippen molar-refractivity contribution in [1.82, 2.24) is 9.88 Å². The fraction of sp³-hybridized carbons (Fsp3) is 0.238. The number of rotatable bonds is 3. The second kappa shape index (κ2) is 7.34. The number of ether oxygens (including phenoxy) is 1. The molecule has 1 aliphatic rings. The van der Waals surface area contributed by atoms with Gasteiger partial charge in [0.05, 0.1) is 11.1 Å². The van der Waals surface area contributed by atoms with Gasteiger partial charge >= 0.3 is 0 Å². The molecule has 1 amide bonds. The van der Waals surface area contributed by atoms with E-state index in [2.05, 4.69) is 4.98 Å². The van der Waals surface area contributed by atoms with E-state index in [1.165, 1.54) is 0 Å². The quantitative estimate of drug-likeness (QED) is 0.681. The maximum atomic E-state index is 12.9. The van der Waals surface area contributed by atoms with E-state index in [-0.39, 0.29) is 12.0 Å². The molecule has 4 nitrogen and oxygen atoms in total. The predicted molar refractivity (Wildman–Crippen MR) is 103 cm³/mol. The minimum absolute atomic E-state index is 0.0410. The van der Waals surface area contributed by atoms with E-state index in [0.717, 1.165) is 29.5 Å². The summed E-state index contributed by atoms with van der Waals surface area (Å²) in [7, 11) is 0. The number of likely N-dealkylation sites (tertiary alicyclic amines) is 1. The number of halogens is 1. The summed E-state index contributed by atoms with van der Waals surface area (Å²) >= 11 is 5.90. The van der Waals surface area contributed by atoms with Crippen molar-refractivity contribution < 1.29 is 9.53 Å². The lowest BCUT2D eigenvalue weighted by atomic mass is 10.0. The largest absolute Gasteiger partial charge is 0.490 e. The van der Waals surface area contributed by atoms with E-state index in [1.54, 1.807) is 6.20 Å². The van der Waals surface area contributed by atoms with Crippen molar-refractivity contribution in [1.29, 1.82) is 0 Å². The van der Waals surface area contributed by atoms with Crippen molar-refractivity contribution >= 4 is 28.4 Å². The Morgan fingerprint density at radius 1 is 1.04 bits per heavy atom. The number of hydrogen-bond donors (Lipinski definition) is 0. The van der Waals surface area contributed by atoms with Crippen LogP contribution in [0.4, 0.5) is 0 Å². The van der Waals surface area contributed by atoms with Gasteiger partial charge in [0.15, 0.2) is 0 Å². The molecule has 0 atom stereocenters. The normalized spacial score (nSPS) is 15.2. The van der Waals surface area contributed by atoms with E-state index in [4.69, 9.17) is 16.3 Å². The highest BCUT2D eigenvalue weighted by Gasteiger charge is 2.25. The zero-order valence-electron chi connectivity index (χ0n) is 14.3. The molecule has 5 heteroatoms. The molecule has 2 heterocycles. The molecule has 0 saturated carbocycles. The molecule has 0 N–H and O–H groups in total. The van der Waals surface area contributed by atoms with Gasteiger partial charge in [-0.3, -0.25) is 9.78 Å². The van der Waals surface area contributed by atoms with E-state index in [9.17, 15) is 4.79 Å². The summed E-state index contributed by atoms with van der Waals surface area (Å²) in [6, 6.07) is 17.0. The SMILES string of the molecule is O=C(c1cccc2cccnc12)N1CCC(Oc2ccc(Cl)cc2)CC1. The highest BCUT2D eigenvalue weighted by atomic mass is 35.5. The number of carbonyl (C=O) groups excluding carboxylic acids is 1. The number of amides is 1. The van der Waals surface area contributed by atoms with Crippen molar-refractivity contribution in [2.75, 3.05) is 13.1 Å². The van der Waals surface area contributed by atoms with Gasteiger partial charge in [-0.15, -0.1) is 0 Å². The van der Waals surface area contributed by atoms with Gasteiger partial charge in [-0.1, -0.05) is 29.8 Å². The molecule has 1 aliphatic heterocycles. The molecule has 132 valence electrons. The summed E-state index contributed by atoms with van der Waals surface area (Å²) in [6.07, 6.45) is 3.47. The Balaban J connectivity index is 1.42. The Morgan fingerprint density at radius 3 is 2.54 bits per heavy atom. The van der Waals surface area contributed by atoms with Crippen LogP contribution >= 0.6 is 11.6 Å². The minimum Gasteiger partial charge on any atom is -0.490 e. The van der Waals surface area contributed by atoms with Gasteiger partial charge in [-0.25, -0.2) is 0 Å². The van der Waals surface area contributed by atoms with Crippen molar-refractivity contribution in [3.63, 3.8) is 0 Å². The lowest BCUT2D eigenvalue weighted by Crippen LogP contribution is -2.41. The van der Waals surface area contributed by atoms with Gasteiger partial charge in [0, 0.05) is 42.5 Å². The monoisotopic (exact) mass is 366 g/mol. The molecule has 0 aliphatic carbocycles. The van der Waals surface area contributed by atoms with Crippen LogP contribution in [0.1, 0.15) is 23.2 Å². The van der Waals surface area contributed by atoms with Crippen LogP contribution in [0, 0.1) is 0 Å². The summed E-state index contributed by atoms with van der Waals surface area (Å²) in [5.74, 6) is 0.858. The standard InChI is InChI=1S/C21H19ClN2O2/c22-16-6-8-17(9-7-16)26-18-10-13-24(14-11-18)21(25)19-5-1-3-15-4-2-12-23-20(15)19/h1-9,12,18H,10-11,13-14H2. The van der Waals surface area contributed by atoms with Crippen molar-refractivity contribution in [2.24, 2.45) is 0 Å². The van der Waals surface area contributed by atoms with Crippen LogP contribution in [0.25, 0.3) is 10.9 Å². The molecule has 0 radical (unpaired) electrons. The van der Waals surface area contributed by atoms with E-state index >= 15 is 0 Å². The fourth-order valence-electron chi connectivity index (χ4n) is 3.33. The van der Waals surface area contributed by atoms with Crippen LogP contribution in [-0.4, -0.2) is 35.0 Å². The molecule has 1 fully saturated rings. The van der Waals surface area contributed by atoms with Crippen LogP contribution in [0.2, 0.25) is 5.02 Å². The van der Waals surface area contributed by atoms with Gasteiger partial charge in [-0.05, 0) is 36.4 Å². The highest BCUT2D eigenvalue weighted by Crippen LogP contribution is 2.23. The summed E-state index contributed by atoms with van der Waals surface area (Å²) in [4.78, 5) is 19.2. The predicted octanol–water partition coefficient (Wildman–Crippen LogP) is 4.57. The van der Waals surface area contributed by atoms with E-state index < -0.39 is 0 Å². The molecule has 0 unspecified atom stereocenters. The number of fused-ring (bicyclic) bond motifs is 1. The lowest BCUT2D eigenvalue weighted by molar-refractivity contribution is 0.0597. The third-order valence-corrected chi connectivity index (χ3v) is 4.96. The number of benzene rings is 2. The maximum Gasteiger partial charge on any atom is 0.256 e. The minimum atomic E-state index is 0.0410. The lowest BCUT2D eigenvalue weighted by Gasteiger charge is -2.32. The summed E-state index contributed by atoms with van der Waals surface area (Å²) in [5, 5.41) is 1.68. The Kier molecular flexibility index (Phi) is 4.76. The molecule has 0 bridgehead atoms. The fourth-order valence-corrected chi connectivity index (χ4v) is 3.46. The van der Waals surface area contributed by atoms with Crippen LogP contribution in [0.15, 0.2) is 60.8 Å². The van der Waals surface area contributed by atoms with Gasteiger partial charge in [-0.2, -0.15) is 0 Å². The topological polar surface area (TPSA) is 42.4 Å². The Labute approximate surface area is 157 Å². The molecule has 3 aromatic rings. The zero-order valence-corrected chi connectivity index (χ0v) is 15.0. The van der Waals surface area contributed by atoms with E-state index in [0.29, 0.717) is 23.7 Å². The number of carbonyl (C=O) groups is 1. The van der Waals surface area contributed by atoms with Crippen molar-refractivity contribution in [2.45, 2.75) is 18.9 Å². The molecule has 0 spiro atoms. The molecular formula is C21H19ClN2O2. The van der Waals surface area contributed by atoms with Crippen LogP contribution in [0.3, 0.4) is 0 Å². The summed E-state index contributed by atoms with van der Waals surface area (Å²) in [5.41, 5.74) is 1.43. The first-order chi connectivity index (χ1) is 12.7. The van der Waals surface area contributed by atoms with Crippen molar-refractivity contribution in [3.8, 4) is 5.75 Å². The average Bonchev–Trinajstić information content (AvgIpc) is 2.69. The summed E-state index contributed by atoms with van der Waals surface area (Å²) < 4.78 is 6.01. The van der Waals surface area contributed by atoms with Gasteiger partial charge in [0.1, 0.15) is 11.9 Å². The first-order valence-electron chi connectivity index (χ1n) is 8.76. The third-order valence-electron chi connectivity index (χ3n) is 4.71. The van der Waals surface area contributed by atoms with Crippen LogP contribution in [-0.2, 0) is 0 Å². The number of para-hydroxylation sites is 1. The van der Waals surface area contributed by atoms with Crippen molar-refractivity contribution in [3.05, 3.63) is 71.4 Å². The molecule has 1 aromatic heterocycles. The molecular weight excluding hydrogens is 348 g/mol. The second-order valence-corrected chi connectivity index (χ2v) is 6.88. The van der Waals surface area contributed by atoms with Crippen LogP contribution < -0.4 is 4.74 Å². The molecule has 1 saturated heterocycles. The molecule has 4 rings (SSSR count). The van der Waals surface area contributed by atoms with Crippen LogP contribution in [0.5, 0.6) is 5.75 Å². The van der Waals surface area contributed by atoms with Gasteiger partial charge in [0.25, 0.3) is 5.91 Å². The maximum absolute atomic E-state index is 12.9. The number of nitrogens with zero attached hydrogens (tertiary/aromatic N) is 2. The number of pyridine rings is 1. The average molecular weight is 367 g/mol. The number of piperidine rings is 1. The highest BCUT2D eigenvalue weighted by molar-refractivity contribution is 6.30. The Bertz CT molecular complexity index is 913. The van der Waals surface area contributed by atoms with E-state index in [1.807, 2.05) is 59.5 Å². The van der Waals surface area contributed by atoms with Gasteiger partial charge in [0.2, 0.25) is 0 Å². The Morgan fingerprint density at radius 2 is 1.77 bits per heavy atom. The Hall–Kier alpha value is -2.59. The number of hydrogen-bond acceptors (Lipinski definition) is 3. The summed E-state index contributed by atoms with van der Waals surface area (Å²) in [6.45, 7) is 1.36. The second-order valence-electron chi connectivity index (χ2n) is 6.44. The first kappa shape index (κ1) is 16.9. The molecule has 26 heavy (non-hydrogen) atoms. The zero-order chi connectivity index (χ0) is 17.9. The first-order valence-corrected chi connectivity index (χ1v) is 9.14. The molecule has 2 aromatic carbocycles. The smallest absolute Gasteiger partial charge is 0.256 e.